The Balaban J connectivity index is 3.04. The molecule has 0 aliphatic heterocycles. The summed E-state index contributed by atoms with van der Waals surface area (Å²) in [7, 11) is 3.13. The van der Waals surface area contributed by atoms with Gasteiger partial charge in [-0.15, -0.1) is 0 Å². The molecule has 0 saturated carbocycles. The number of amides is 1. The number of methoxy groups -OCH3 is 2. The van der Waals surface area contributed by atoms with Gasteiger partial charge in [-0.3, -0.25) is 4.79 Å². The molecule has 0 unspecified atom stereocenters. The number of nitrogens with zero attached hydrogens (tertiary/aromatic N) is 1. The fraction of sp³-hybridized carbons (Fsp3) is 0.533. The molecular weight excluding hydrogens is 256 g/mol. The van der Waals surface area contributed by atoms with Crippen LogP contribution in [0.5, 0.6) is 11.5 Å². The maximum absolute atomic E-state index is 12.6. The van der Waals surface area contributed by atoms with Crippen LogP contribution < -0.4 is 15.2 Å². The normalized spacial score (nSPS) is 10.5. The molecule has 0 radical (unpaired) electrons. The molecule has 1 rings (SSSR count). The first-order valence-electron chi connectivity index (χ1n) is 6.78. The molecule has 1 aromatic carbocycles. The minimum absolute atomic E-state index is 0.0482. The van der Waals surface area contributed by atoms with Gasteiger partial charge in [0.25, 0.3) is 5.91 Å². The van der Waals surface area contributed by atoms with Crippen molar-refractivity contribution in [3.05, 3.63) is 23.8 Å². The Kier molecular flexibility index (Phi) is 6.31. The fourth-order valence-corrected chi connectivity index (χ4v) is 1.99. The highest BCUT2D eigenvalue weighted by Crippen LogP contribution is 2.26. The molecule has 0 aliphatic rings. The summed E-state index contributed by atoms with van der Waals surface area (Å²) in [5.41, 5.74) is 6.07. The lowest BCUT2D eigenvalue weighted by molar-refractivity contribution is 0.0701. The van der Waals surface area contributed by atoms with E-state index in [-0.39, 0.29) is 11.9 Å². The van der Waals surface area contributed by atoms with Crippen LogP contribution in [0.1, 0.15) is 30.6 Å². The maximum Gasteiger partial charge on any atom is 0.257 e. The summed E-state index contributed by atoms with van der Waals surface area (Å²) in [6.45, 7) is 5.19. The Morgan fingerprint density at radius 3 is 2.50 bits per heavy atom. The van der Waals surface area contributed by atoms with E-state index in [1.807, 2.05) is 13.8 Å². The highest BCUT2D eigenvalue weighted by Gasteiger charge is 2.21. The minimum Gasteiger partial charge on any atom is -0.497 e. The van der Waals surface area contributed by atoms with Gasteiger partial charge in [0, 0.05) is 18.7 Å². The number of carbonyl (C=O) groups excluding carboxylic acids is 1. The standard InChI is InChI=1S/C15H24N2O3/c1-11(2)17(9-5-8-16)15(18)13-7-6-12(19-3)10-14(13)20-4/h6-7,10-11H,5,8-9,16H2,1-4H3. The Morgan fingerprint density at radius 1 is 1.30 bits per heavy atom. The molecule has 0 heterocycles. The van der Waals surface area contributed by atoms with Crippen molar-refractivity contribution in [3.63, 3.8) is 0 Å². The molecule has 2 N–H and O–H groups in total. The second-order valence-corrected chi connectivity index (χ2v) is 4.80. The first kappa shape index (κ1) is 16.3. The van der Waals surface area contributed by atoms with Gasteiger partial charge in [-0.05, 0) is 38.9 Å². The third-order valence-corrected chi connectivity index (χ3v) is 3.13. The molecule has 5 heteroatoms. The summed E-state index contributed by atoms with van der Waals surface area (Å²) in [4.78, 5) is 14.4. The van der Waals surface area contributed by atoms with Gasteiger partial charge in [-0.1, -0.05) is 0 Å². The number of hydrogen-bond acceptors (Lipinski definition) is 4. The van der Waals surface area contributed by atoms with Crippen LogP contribution in [0.15, 0.2) is 18.2 Å². The molecule has 0 atom stereocenters. The number of carbonyl (C=O) groups is 1. The predicted octanol–water partition coefficient (Wildman–Crippen LogP) is 1.90. The molecule has 0 aromatic heterocycles. The van der Waals surface area contributed by atoms with Gasteiger partial charge in [0.2, 0.25) is 0 Å². The van der Waals surface area contributed by atoms with Crippen molar-refractivity contribution in [1.82, 2.24) is 4.90 Å². The van der Waals surface area contributed by atoms with Crippen LogP contribution in [0.3, 0.4) is 0 Å². The first-order chi connectivity index (χ1) is 9.54. The molecule has 5 nitrogen and oxygen atoms in total. The number of ether oxygens (including phenoxy) is 2. The molecule has 0 fully saturated rings. The van der Waals surface area contributed by atoms with E-state index in [4.69, 9.17) is 15.2 Å². The summed E-state index contributed by atoms with van der Waals surface area (Å²) in [5, 5.41) is 0. The van der Waals surface area contributed by atoms with Gasteiger partial charge in [-0.2, -0.15) is 0 Å². The van der Waals surface area contributed by atoms with Crippen LogP contribution in [-0.2, 0) is 0 Å². The summed E-state index contributed by atoms with van der Waals surface area (Å²) in [6.07, 6.45) is 0.780. The lowest BCUT2D eigenvalue weighted by Crippen LogP contribution is -2.38. The van der Waals surface area contributed by atoms with E-state index in [1.54, 1.807) is 37.3 Å². The predicted molar refractivity (Wildman–Crippen MR) is 79.4 cm³/mol. The zero-order valence-electron chi connectivity index (χ0n) is 12.7. The Morgan fingerprint density at radius 2 is 2.00 bits per heavy atom. The Bertz CT molecular complexity index is 447. The van der Waals surface area contributed by atoms with Crippen molar-refractivity contribution in [2.75, 3.05) is 27.3 Å². The van der Waals surface area contributed by atoms with E-state index in [1.165, 1.54) is 0 Å². The van der Waals surface area contributed by atoms with Crippen LogP contribution in [-0.4, -0.2) is 44.2 Å². The summed E-state index contributed by atoms with van der Waals surface area (Å²) in [5.74, 6) is 1.14. The van der Waals surface area contributed by atoms with E-state index in [0.29, 0.717) is 30.2 Å². The highest BCUT2D eigenvalue weighted by molar-refractivity contribution is 5.97. The van der Waals surface area contributed by atoms with E-state index in [2.05, 4.69) is 0 Å². The van der Waals surface area contributed by atoms with Gasteiger partial charge in [0.05, 0.1) is 19.8 Å². The van der Waals surface area contributed by atoms with Crippen LogP contribution in [0.4, 0.5) is 0 Å². The molecule has 1 aromatic rings. The van der Waals surface area contributed by atoms with Crippen LogP contribution in [0.2, 0.25) is 0 Å². The minimum atomic E-state index is -0.0482. The molecule has 0 saturated heterocycles. The first-order valence-corrected chi connectivity index (χ1v) is 6.78. The SMILES string of the molecule is COc1ccc(C(=O)N(CCCN)C(C)C)c(OC)c1. The van der Waals surface area contributed by atoms with Crippen molar-refractivity contribution in [1.29, 1.82) is 0 Å². The van der Waals surface area contributed by atoms with Gasteiger partial charge in [-0.25, -0.2) is 0 Å². The van der Waals surface area contributed by atoms with Crippen LogP contribution in [0.25, 0.3) is 0 Å². The molecule has 112 valence electrons. The number of rotatable bonds is 7. The highest BCUT2D eigenvalue weighted by atomic mass is 16.5. The lowest BCUT2D eigenvalue weighted by atomic mass is 10.1. The maximum atomic E-state index is 12.6. The number of nitrogens with two attached hydrogens (primary N) is 1. The van der Waals surface area contributed by atoms with Gasteiger partial charge in [0.15, 0.2) is 0 Å². The van der Waals surface area contributed by atoms with E-state index >= 15 is 0 Å². The quantitative estimate of drug-likeness (QED) is 0.828. The Hall–Kier alpha value is -1.75. The average Bonchev–Trinajstić information content (AvgIpc) is 2.46. The van der Waals surface area contributed by atoms with Crippen LogP contribution in [0, 0.1) is 0 Å². The Labute approximate surface area is 120 Å². The summed E-state index contributed by atoms with van der Waals surface area (Å²) >= 11 is 0. The van der Waals surface area contributed by atoms with Crippen molar-refractivity contribution in [2.45, 2.75) is 26.3 Å². The largest absolute Gasteiger partial charge is 0.497 e. The van der Waals surface area contributed by atoms with Gasteiger partial charge in [0.1, 0.15) is 11.5 Å². The second-order valence-electron chi connectivity index (χ2n) is 4.80. The fourth-order valence-electron chi connectivity index (χ4n) is 1.99. The molecule has 0 bridgehead atoms. The van der Waals surface area contributed by atoms with Crippen LogP contribution >= 0.6 is 0 Å². The van der Waals surface area contributed by atoms with E-state index in [0.717, 1.165) is 6.42 Å². The van der Waals surface area contributed by atoms with E-state index in [9.17, 15) is 4.79 Å². The molecule has 0 aliphatic carbocycles. The average molecular weight is 280 g/mol. The molecule has 20 heavy (non-hydrogen) atoms. The third kappa shape index (κ3) is 3.87. The zero-order chi connectivity index (χ0) is 15.1. The number of benzene rings is 1. The summed E-state index contributed by atoms with van der Waals surface area (Å²) < 4.78 is 10.4. The van der Waals surface area contributed by atoms with E-state index < -0.39 is 0 Å². The van der Waals surface area contributed by atoms with Gasteiger partial charge < -0.3 is 20.1 Å². The van der Waals surface area contributed by atoms with Crippen molar-refractivity contribution < 1.29 is 14.3 Å². The van der Waals surface area contributed by atoms with Crippen molar-refractivity contribution in [3.8, 4) is 11.5 Å². The monoisotopic (exact) mass is 280 g/mol. The smallest absolute Gasteiger partial charge is 0.257 e. The third-order valence-electron chi connectivity index (χ3n) is 3.13. The lowest BCUT2D eigenvalue weighted by Gasteiger charge is -2.27. The van der Waals surface area contributed by atoms with Crippen molar-refractivity contribution >= 4 is 5.91 Å². The molecule has 1 amide bonds. The second kappa shape index (κ2) is 7.75. The molecular formula is C15H24N2O3. The number of hydrogen-bond donors (Lipinski definition) is 1. The van der Waals surface area contributed by atoms with Crippen molar-refractivity contribution in [2.24, 2.45) is 5.73 Å². The van der Waals surface area contributed by atoms with Gasteiger partial charge >= 0.3 is 0 Å². The summed E-state index contributed by atoms with van der Waals surface area (Å²) in [6, 6.07) is 5.32. The zero-order valence-corrected chi connectivity index (χ0v) is 12.7. The topological polar surface area (TPSA) is 64.8 Å². The molecule has 0 spiro atoms.